The van der Waals surface area contributed by atoms with E-state index in [0.717, 1.165) is 42.6 Å². The van der Waals surface area contributed by atoms with Gasteiger partial charge in [-0.1, -0.05) is 81.3 Å². The first-order chi connectivity index (χ1) is 15.1. The summed E-state index contributed by atoms with van der Waals surface area (Å²) in [6.45, 7) is 4.77. The van der Waals surface area contributed by atoms with Gasteiger partial charge in [0, 0.05) is 24.0 Å². The molecule has 0 heterocycles. The van der Waals surface area contributed by atoms with Crippen molar-refractivity contribution in [2.75, 3.05) is 16.8 Å². The summed E-state index contributed by atoms with van der Waals surface area (Å²) in [6, 6.07) is 26.1. The first-order valence-electron chi connectivity index (χ1n) is 11.2. The summed E-state index contributed by atoms with van der Waals surface area (Å²) in [5, 5.41) is 2.98. The number of para-hydroxylation sites is 1. The summed E-state index contributed by atoms with van der Waals surface area (Å²) in [4.78, 5) is 14.8. The van der Waals surface area contributed by atoms with E-state index in [4.69, 9.17) is 5.73 Å². The lowest BCUT2D eigenvalue weighted by atomic mass is 10.0. The molecule has 0 aliphatic carbocycles. The number of nitrogens with one attached hydrogen (secondary N) is 1. The Morgan fingerprint density at radius 2 is 1.48 bits per heavy atom. The van der Waals surface area contributed by atoms with Crippen molar-refractivity contribution in [2.45, 2.75) is 45.6 Å². The van der Waals surface area contributed by atoms with E-state index in [-0.39, 0.29) is 12.1 Å². The van der Waals surface area contributed by atoms with Crippen LogP contribution in [0.5, 0.6) is 0 Å². The van der Waals surface area contributed by atoms with Crippen LogP contribution in [0.2, 0.25) is 0 Å². The fourth-order valence-corrected chi connectivity index (χ4v) is 3.70. The van der Waals surface area contributed by atoms with Crippen LogP contribution in [0.4, 0.5) is 16.2 Å². The van der Waals surface area contributed by atoms with Gasteiger partial charge in [-0.25, -0.2) is 4.79 Å². The largest absolute Gasteiger partial charge is 0.326 e. The summed E-state index contributed by atoms with van der Waals surface area (Å²) >= 11 is 0. The molecule has 0 aliphatic rings. The summed E-state index contributed by atoms with van der Waals surface area (Å²) < 4.78 is 0. The summed E-state index contributed by atoms with van der Waals surface area (Å²) in [6.07, 6.45) is 4.11. The van der Waals surface area contributed by atoms with Crippen molar-refractivity contribution in [3.05, 3.63) is 84.4 Å². The molecule has 0 bridgehead atoms. The lowest BCUT2D eigenvalue weighted by molar-refractivity contribution is 0.256. The summed E-state index contributed by atoms with van der Waals surface area (Å²) in [5.74, 6) is 0. The number of nitrogens with zero attached hydrogens (tertiary/aromatic N) is 1. The fraction of sp³-hybridized carbons (Fsp3) is 0.296. The number of carbonyl (C=O) groups excluding carboxylic acids is 1. The van der Waals surface area contributed by atoms with Crippen molar-refractivity contribution in [1.29, 1.82) is 0 Å². The monoisotopic (exact) mass is 415 g/mol. The zero-order valence-corrected chi connectivity index (χ0v) is 18.6. The molecule has 2 amide bonds. The first kappa shape index (κ1) is 22.6. The number of hydrogen-bond donors (Lipinski definition) is 2. The molecule has 31 heavy (non-hydrogen) atoms. The van der Waals surface area contributed by atoms with Gasteiger partial charge in [-0.15, -0.1) is 0 Å². The Labute approximate surface area is 186 Å². The van der Waals surface area contributed by atoms with E-state index in [2.05, 4.69) is 55.6 Å². The Balaban J connectivity index is 1.79. The predicted octanol–water partition coefficient (Wildman–Crippen LogP) is 6.47. The van der Waals surface area contributed by atoms with Crippen LogP contribution in [-0.4, -0.2) is 18.6 Å². The van der Waals surface area contributed by atoms with Crippen molar-refractivity contribution >= 4 is 17.4 Å². The maximum absolute atomic E-state index is 13.1. The van der Waals surface area contributed by atoms with Crippen molar-refractivity contribution in [1.82, 2.24) is 0 Å². The van der Waals surface area contributed by atoms with Crippen molar-refractivity contribution < 1.29 is 4.79 Å². The zero-order chi connectivity index (χ0) is 22.1. The number of aryl methyl sites for hydroxylation is 1. The van der Waals surface area contributed by atoms with Crippen LogP contribution in [-0.2, 0) is 6.42 Å². The molecule has 0 radical (unpaired) electrons. The molecule has 0 fully saturated rings. The van der Waals surface area contributed by atoms with E-state index in [1.807, 2.05) is 42.5 Å². The van der Waals surface area contributed by atoms with Gasteiger partial charge in [-0.2, -0.15) is 0 Å². The molecule has 0 aliphatic heterocycles. The van der Waals surface area contributed by atoms with Crippen LogP contribution in [0.3, 0.4) is 0 Å². The van der Waals surface area contributed by atoms with E-state index >= 15 is 0 Å². The molecular weight excluding hydrogens is 382 g/mol. The molecule has 4 nitrogen and oxygen atoms in total. The molecular formula is C27H33N3O. The van der Waals surface area contributed by atoms with Gasteiger partial charge in [0.15, 0.2) is 0 Å². The average molecular weight is 416 g/mol. The quantitative estimate of drug-likeness (QED) is 0.421. The van der Waals surface area contributed by atoms with Crippen molar-refractivity contribution in [3.63, 3.8) is 0 Å². The molecule has 1 unspecified atom stereocenters. The number of anilines is 2. The molecule has 0 spiro atoms. The minimum Gasteiger partial charge on any atom is -0.326 e. The van der Waals surface area contributed by atoms with Gasteiger partial charge in [-0.3, -0.25) is 4.90 Å². The third-order valence-electron chi connectivity index (χ3n) is 5.35. The van der Waals surface area contributed by atoms with Crippen LogP contribution in [0, 0.1) is 0 Å². The minimum atomic E-state index is -0.172. The van der Waals surface area contributed by atoms with E-state index < -0.39 is 0 Å². The Morgan fingerprint density at radius 1 is 0.871 bits per heavy atom. The van der Waals surface area contributed by atoms with Crippen LogP contribution in [0.15, 0.2) is 78.9 Å². The third-order valence-corrected chi connectivity index (χ3v) is 5.35. The molecule has 0 aromatic heterocycles. The second-order valence-corrected chi connectivity index (χ2v) is 7.95. The van der Waals surface area contributed by atoms with Crippen molar-refractivity contribution in [2.24, 2.45) is 5.73 Å². The number of benzene rings is 3. The van der Waals surface area contributed by atoms with Gasteiger partial charge >= 0.3 is 6.03 Å². The first-order valence-corrected chi connectivity index (χ1v) is 11.2. The van der Waals surface area contributed by atoms with E-state index in [0.29, 0.717) is 6.54 Å². The molecule has 1 atom stereocenters. The molecule has 3 aromatic rings. The fourth-order valence-electron chi connectivity index (χ4n) is 3.70. The number of urea groups is 1. The number of amides is 2. The van der Waals surface area contributed by atoms with Gasteiger partial charge in [0.25, 0.3) is 0 Å². The molecule has 0 saturated heterocycles. The molecule has 4 heteroatoms. The van der Waals surface area contributed by atoms with E-state index in [1.54, 1.807) is 4.90 Å². The van der Waals surface area contributed by atoms with Gasteiger partial charge in [0.2, 0.25) is 0 Å². The molecule has 162 valence electrons. The summed E-state index contributed by atoms with van der Waals surface area (Å²) in [5.41, 5.74) is 11.6. The van der Waals surface area contributed by atoms with Gasteiger partial charge in [-0.05, 0) is 53.8 Å². The minimum absolute atomic E-state index is 0.0719. The Kier molecular flexibility index (Phi) is 8.25. The number of nitrogens with two attached hydrogens (primary N) is 1. The Bertz CT molecular complexity index is 936. The Morgan fingerprint density at radius 3 is 2.06 bits per heavy atom. The highest BCUT2D eigenvalue weighted by atomic mass is 16.2. The topological polar surface area (TPSA) is 58.4 Å². The lowest BCUT2D eigenvalue weighted by Gasteiger charge is -2.26. The second kappa shape index (κ2) is 11.3. The van der Waals surface area contributed by atoms with Crippen LogP contribution >= 0.6 is 0 Å². The highest BCUT2D eigenvalue weighted by Gasteiger charge is 2.19. The highest BCUT2D eigenvalue weighted by Crippen LogP contribution is 2.25. The zero-order valence-electron chi connectivity index (χ0n) is 18.6. The molecule has 3 rings (SSSR count). The Hall–Kier alpha value is -3.11. The maximum atomic E-state index is 13.1. The van der Waals surface area contributed by atoms with Crippen LogP contribution in [0.1, 0.15) is 38.7 Å². The normalized spacial score (nSPS) is 11.7. The smallest absolute Gasteiger partial charge is 0.326 e. The standard InChI is InChI=1S/C27H33N3O/c1-3-8-21-12-14-22(15-13-21)23-16-18-26(19-17-23)30(20-24(28)9-4-2)27(31)29-25-10-6-5-7-11-25/h5-7,10-19,24H,3-4,8-9,20,28H2,1-2H3,(H,29,31). The maximum Gasteiger partial charge on any atom is 0.326 e. The van der Waals surface area contributed by atoms with Crippen LogP contribution < -0.4 is 16.0 Å². The predicted molar refractivity (Wildman–Crippen MR) is 132 cm³/mol. The molecule has 3 N–H and O–H groups in total. The van der Waals surface area contributed by atoms with Gasteiger partial charge < -0.3 is 11.1 Å². The number of rotatable bonds is 9. The lowest BCUT2D eigenvalue weighted by Crippen LogP contribution is -2.43. The number of hydrogen-bond acceptors (Lipinski definition) is 2. The van der Waals surface area contributed by atoms with E-state index in [9.17, 15) is 4.79 Å². The van der Waals surface area contributed by atoms with Crippen LogP contribution in [0.25, 0.3) is 11.1 Å². The van der Waals surface area contributed by atoms with Gasteiger partial charge in [0.1, 0.15) is 0 Å². The second-order valence-electron chi connectivity index (χ2n) is 7.95. The van der Waals surface area contributed by atoms with Crippen molar-refractivity contribution in [3.8, 4) is 11.1 Å². The number of carbonyl (C=O) groups is 1. The summed E-state index contributed by atoms with van der Waals surface area (Å²) in [7, 11) is 0. The molecule has 0 saturated carbocycles. The highest BCUT2D eigenvalue weighted by molar-refractivity contribution is 6.01. The third kappa shape index (κ3) is 6.43. The average Bonchev–Trinajstić information content (AvgIpc) is 2.79. The van der Waals surface area contributed by atoms with Gasteiger partial charge in [0.05, 0.1) is 0 Å². The SMILES string of the molecule is CCCc1ccc(-c2ccc(N(CC(N)CCC)C(=O)Nc3ccccc3)cc2)cc1. The van der Waals surface area contributed by atoms with E-state index in [1.165, 1.54) is 11.1 Å². The molecule has 3 aromatic carbocycles.